The molecule has 23 heavy (non-hydrogen) atoms. The van der Waals surface area contributed by atoms with Crippen molar-refractivity contribution in [2.24, 2.45) is 11.3 Å². The maximum absolute atomic E-state index is 13.1. The second-order valence-electron chi connectivity index (χ2n) is 6.92. The molecule has 1 fully saturated rings. The normalized spacial score (nSPS) is 18.5. The molecule has 0 radical (unpaired) electrons. The first-order valence-electron chi connectivity index (χ1n) is 7.88. The van der Waals surface area contributed by atoms with E-state index in [1.807, 2.05) is 17.0 Å². The van der Waals surface area contributed by atoms with Gasteiger partial charge < -0.3 is 4.90 Å². The van der Waals surface area contributed by atoms with Crippen molar-refractivity contribution in [1.82, 2.24) is 9.88 Å². The third-order valence-electron chi connectivity index (χ3n) is 4.53. The van der Waals surface area contributed by atoms with E-state index in [1.165, 1.54) is 12.1 Å². The highest BCUT2D eigenvalue weighted by molar-refractivity contribution is 5.82. The van der Waals surface area contributed by atoms with Crippen LogP contribution in [0.2, 0.25) is 0 Å². The molecule has 3 nitrogen and oxygen atoms in total. The molecule has 1 atom stereocenters. The van der Waals surface area contributed by atoms with Crippen molar-refractivity contribution < 1.29 is 9.18 Å². The number of hydrogen-bond donors (Lipinski definition) is 0. The van der Waals surface area contributed by atoms with Gasteiger partial charge in [-0.15, -0.1) is 0 Å². The number of benzene rings is 1. The summed E-state index contributed by atoms with van der Waals surface area (Å²) < 4.78 is 13.1. The summed E-state index contributed by atoms with van der Waals surface area (Å²) in [5.74, 6) is 0.00464. The second kappa shape index (κ2) is 6.11. The summed E-state index contributed by atoms with van der Waals surface area (Å²) in [7, 11) is 0. The summed E-state index contributed by atoms with van der Waals surface area (Å²) in [5.41, 5.74) is 2.08. The highest BCUT2D eigenvalue weighted by Crippen LogP contribution is 2.52. The first kappa shape index (κ1) is 15.7. The highest BCUT2D eigenvalue weighted by Gasteiger charge is 2.51. The lowest BCUT2D eigenvalue weighted by atomic mass is 10.1. The Morgan fingerprint density at radius 3 is 2.17 bits per heavy atom. The number of pyridine rings is 1. The number of aromatic nitrogens is 1. The molecule has 4 heteroatoms. The van der Waals surface area contributed by atoms with Crippen molar-refractivity contribution in [2.75, 3.05) is 0 Å². The van der Waals surface area contributed by atoms with Gasteiger partial charge in [-0.1, -0.05) is 26.0 Å². The van der Waals surface area contributed by atoms with E-state index in [4.69, 9.17) is 0 Å². The fourth-order valence-corrected chi connectivity index (χ4v) is 2.84. The SMILES string of the molecule is CC1(C)CC1C(=O)N(Cc1ccncc1)Cc1ccc(F)cc1. The predicted octanol–water partition coefficient (Wildman–Crippen LogP) is 3.80. The molecule has 120 valence electrons. The summed E-state index contributed by atoms with van der Waals surface area (Å²) in [4.78, 5) is 18.7. The van der Waals surface area contributed by atoms with Crippen LogP contribution in [0.4, 0.5) is 4.39 Å². The number of carbonyl (C=O) groups is 1. The highest BCUT2D eigenvalue weighted by atomic mass is 19.1. The predicted molar refractivity (Wildman–Crippen MR) is 86.8 cm³/mol. The molecule has 3 rings (SSSR count). The lowest BCUT2D eigenvalue weighted by molar-refractivity contribution is -0.134. The Morgan fingerprint density at radius 1 is 1.13 bits per heavy atom. The van der Waals surface area contributed by atoms with Crippen LogP contribution in [0.15, 0.2) is 48.8 Å². The Hall–Kier alpha value is -2.23. The molecule has 0 bridgehead atoms. The Labute approximate surface area is 136 Å². The summed E-state index contributed by atoms with van der Waals surface area (Å²) in [6.45, 7) is 5.29. The van der Waals surface area contributed by atoms with Crippen molar-refractivity contribution in [1.29, 1.82) is 0 Å². The molecule has 1 aromatic carbocycles. The van der Waals surface area contributed by atoms with Crippen LogP contribution in [0.3, 0.4) is 0 Å². The minimum Gasteiger partial charge on any atom is -0.334 e. The molecule has 1 aliphatic carbocycles. The molecule has 0 aliphatic heterocycles. The Morgan fingerprint density at radius 2 is 1.65 bits per heavy atom. The van der Waals surface area contributed by atoms with Crippen molar-refractivity contribution in [3.8, 4) is 0 Å². The topological polar surface area (TPSA) is 33.2 Å². The van der Waals surface area contributed by atoms with E-state index in [9.17, 15) is 9.18 Å². The van der Waals surface area contributed by atoms with Crippen molar-refractivity contribution in [3.63, 3.8) is 0 Å². The molecular weight excluding hydrogens is 291 g/mol. The van der Waals surface area contributed by atoms with E-state index in [-0.39, 0.29) is 23.1 Å². The van der Waals surface area contributed by atoms with Gasteiger partial charge in [-0.25, -0.2) is 4.39 Å². The number of carbonyl (C=O) groups excluding carboxylic acids is 1. The zero-order valence-corrected chi connectivity index (χ0v) is 13.5. The number of halogens is 1. The minimum atomic E-state index is -0.260. The molecule has 1 amide bonds. The quantitative estimate of drug-likeness (QED) is 0.841. The molecule has 0 saturated heterocycles. The Bertz CT molecular complexity index is 682. The Kier molecular flexibility index (Phi) is 4.16. The number of hydrogen-bond acceptors (Lipinski definition) is 2. The average molecular weight is 312 g/mol. The smallest absolute Gasteiger partial charge is 0.226 e. The molecule has 1 heterocycles. The van der Waals surface area contributed by atoms with Crippen LogP contribution in [0.1, 0.15) is 31.4 Å². The van der Waals surface area contributed by atoms with Crippen molar-refractivity contribution in [3.05, 3.63) is 65.7 Å². The lowest BCUT2D eigenvalue weighted by Gasteiger charge is -2.24. The third kappa shape index (κ3) is 3.76. The largest absolute Gasteiger partial charge is 0.334 e. The first-order chi connectivity index (χ1) is 11.0. The van der Waals surface area contributed by atoms with Crippen LogP contribution in [0.5, 0.6) is 0 Å². The zero-order valence-electron chi connectivity index (χ0n) is 13.5. The van der Waals surface area contributed by atoms with E-state index in [2.05, 4.69) is 18.8 Å². The maximum Gasteiger partial charge on any atom is 0.226 e. The average Bonchev–Trinajstić information content (AvgIpc) is 3.18. The standard InChI is InChI=1S/C19H21FN2O/c1-19(2)11-17(19)18(23)22(13-15-7-9-21-10-8-15)12-14-3-5-16(20)6-4-14/h3-10,17H,11-13H2,1-2H3. The fraction of sp³-hybridized carbons (Fsp3) is 0.368. The van der Waals surface area contributed by atoms with Crippen molar-refractivity contribution >= 4 is 5.91 Å². The van der Waals surface area contributed by atoms with Crippen LogP contribution in [0, 0.1) is 17.2 Å². The van der Waals surface area contributed by atoms with E-state index >= 15 is 0 Å². The van der Waals surface area contributed by atoms with Gasteiger partial charge in [0.2, 0.25) is 5.91 Å². The fourth-order valence-electron chi connectivity index (χ4n) is 2.84. The first-order valence-corrected chi connectivity index (χ1v) is 7.88. The van der Waals surface area contributed by atoms with E-state index in [0.717, 1.165) is 17.5 Å². The van der Waals surface area contributed by atoms with Crippen LogP contribution in [0.25, 0.3) is 0 Å². The molecule has 1 unspecified atom stereocenters. The lowest BCUT2D eigenvalue weighted by Crippen LogP contribution is -2.32. The molecule has 1 aliphatic rings. The van der Waals surface area contributed by atoms with Gasteiger partial charge in [0.1, 0.15) is 5.82 Å². The van der Waals surface area contributed by atoms with Gasteiger partial charge in [-0.05, 0) is 47.2 Å². The van der Waals surface area contributed by atoms with Gasteiger partial charge in [0.15, 0.2) is 0 Å². The van der Waals surface area contributed by atoms with Gasteiger partial charge in [0, 0.05) is 31.4 Å². The monoisotopic (exact) mass is 312 g/mol. The van der Waals surface area contributed by atoms with E-state index in [0.29, 0.717) is 13.1 Å². The number of nitrogens with zero attached hydrogens (tertiary/aromatic N) is 2. The summed E-state index contributed by atoms with van der Waals surface area (Å²) in [5, 5.41) is 0. The van der Waals surface area contributed by atoms with Crippen LogP contribution in [-0.4, -0.2) is 15.8 Å². The summed E-state index contributed by atoms with van der Waals surface area (Å²) in [6.07, 6.45) is 4.40. The number of rotatable bonds is 5. The van der Waals surface area contributed by atoms with Crippen LogP contribution >= 0.6 is 0 Å². The van der Waals surface area contributed by atoms with Gasteiger partial charge in [-0.3, -0.25) is 9.78 Å². The van der Waals surface area contributed by atoms with E-state index in [1.54, 1.807) is 24.5 Å². The van der Waals surface area contributed by atoms with Gasteiger partial charge in [0.05, 0.1) is 0 Å². The van der Waals surface area contributed by atoms with Crippen LogP contribution < -0.4 is 0 Å². The third-order valence-corrected chi connectivity index (χ3v) is 4.53. The van der Waals surface area contributed by atoms with E-state index < -0.39 is 0 Å². The van der Waals surface area contributed by atoms with Gasteiger partial charge in [0.25, 0.3) is 0 Å². The van der Waals surface area contributed by atoms with Crippen LogP contribution in [-0.2, 0) is 17.9 Å². The van der Waals surface area contributed by atoms with Gasteiger partial charge >= 0.3 is 0 Å². The summed E-state index contributed by atoms with van der Waals surface area (Å²) >= 11 is 0. The molecule has 0 spiro atoms. The second-order valence-corrected chi connectivity index (χ2v) is 6.92. The number of amides is 1. The Balaban J connectivity index is 1.78. The molecule has 1 saturated carbocycles. The zero-order chi connectivity index (χ0) is 16.4. The summed E-state index contributed by atoms with van der Waals surface area (Å²) in [6, 6.07) is 10.2. The van der Waals surface area contributed by atoms with Crippen molar-refractivity contribution in [2.45, 2.75) is 33.4 Å². The minimum absolute atomic E-state index is 0.0878. The molecular formula is C19H21FN2O. The molecule has 2 aromatic rings. The molecule has 1 aromatic heterocycles. The molecule has 0 N–H and O–H groups in total. The maximum atomic E-state index is 13.1. The van der Waals surface area contributed by atoms with Gasteiger partial charge in [-0.2, -0.15) is 0 Å².